The third-order valence-electron chi connectivity index (χ3n) is 1.48. The Morgan fingerprint density at radius 3 is 2.75 bits per heavy atom. The lowest BCUT2D eigenvalue weighted by Gasteiger charge is -1.98. The second kappa shape index (κ2) is 3.73. The van der Waals surface area contributed by atoms with Gasteiger partial charge in [-0.3, -0.25) is 0 Å². The van der Waals surface area contributed by atoms with Gasteiger partial charge in [0.25, 0.3) is 0 Å². The van der Waals surface area contributed by atoms with Crippen LogP contribution < -0.4 is 0 Å². The molecule has 0 saturated heterocycles. The maximum absolute atomic E-state index is 11.3. The second-order valence-corrected chi connectivity index (χ2v) is 4.51. The van der Waals surface area contributed by atoms with E-state index in [4.69, 9.17) is 5.11 Å². The summed E-state index contributed by atoms with van der Waals surface area (Å²) >= 11 is 0. The molecule has 2 N–H and O–H groups in total. The Balaban J connectivity index is 2.74. The van der Waals surface area contributed by atoms with Gasteiger partial charge in [0.2, 0.25) is 0 Å². The van der Waals surface area contributed by atoms with Crippen molar-refractivity contribution in [1.82, 2.24) is 4.98 Å². The summed E-state index contributed by atoms with van der Waals surface area (Å²) in [4.78, 5) is 2.62. The van der Waals surface area contributed by atoms with Gasteiger partial charge in [0.05, 0.1) is 5.75 Å². The maximum atomic E-state index is 11.3. The Bertz CT molecular complexity index is 314. The number of rotatable bonds is 4. The molecule has 1 aromatic rings. The Labute approximate surface area is 71.2 Å². The van der Waals surface area contributed by atoms with Gasteiger partial charge in [-0.1, -0.05) is 0 Å². The first kappa shape index (κ1) is 9.28. The molecule has 0 aliphatic rings. The summed E-state index contributed by atoms with van der Waals surface area (Å²) in [5, 5.41) is 8.67. The molecule has 0 aromatic carbocycles. The zero-order chi connectivity index (χ0) is 9.03. The van der Waals surface area contributed by atoms with Gasteiger partial charge in [-0.25, -0.2) is 8.42 Å². The quantitative estimate of drug-likeness (QED) is 0.709. The lowest BCUT2D eigenvalue weighted by atomic mass is 10.5. The molecule has 0 fully saturated rings. The van der Waals surface area contributed by atoms with Crippen molar-refractivity contribution in [2.45, 2.75) is 11.4 Å². The summed E-state index contributed by atoms with van der Waals surface area (Å²) in [5.41, 5.74) is 0. The fourth-order valence-electron chi connectivity index (χ4n) is 0.872. The van der Waals surface area contributed by atoms with Crippen LogP contribution in [0.2, 0.25) is 0 Å². The first-order chi connectivity index (χ1) is 5.67. The van der Waals surface area contributed by atoms with Crippen LogP contribution in [-0.2, 0) is 9.84 Å². The highest BCUT2D eigenvalue weighted by Gasteiger charge is 2.13. The van der Waals surface area contributed by atoms with E-state index in [0.29, 0.717) is 0 Å². The highest BCUT2D eigenvalue weighted by Crippen LogP contribution is 2.07. The number of aromatic nitrogens is 1. The number of aliphatic hydroxyl groups is 1. The Hall–Kier alpha value is -0.810. The van der Waals surface area contributed by atoms with Crippen molar-refractivity contribution < 1.29 is 13.5 Å². The topological polar surface area (TPSA) is 70.2 Å². The van der Waals surface area contributed by atoms with E-state index in [-0.39, 0.29) is 23.8 Å². The van der Waals surface area contributed by atoms with Crippen molar-refractivity contribution in [2.75, 3.05) is 12.4 Å². The molecule has 0 aliphatic heterocycles. The molecule has 1 heterocycles. The van der Waals surface area contributed by atoms with E-state index >= 15 is 0 Å². The van der Waals surface area contributed by atoms with E-state index in [1.54, 1.807) is 12.3 Å². The van der Waals surface area contributed by atoms with E-state index in [2.05, 4.69) is 4.98 Å². The number of aromatic amines is 1. The molecule has 0 amide bonds. The van der Waals surface area contributed by atoms with Gasteiger partial charge >= 0.3 is 0 Å². The molecule has 0 saturated carbocycles. The molecule has 1 rings (SSSR count). The molecule has 0 bridgehead atoms. The van der Waals surface area contributed by atoms with Crippen molar-refractivity contribution in [2.24, 2.45) is 0 Å². The third-order valence-corrected chi connectivity index (χ3v) is 3.23. The van der Waals surface area contributed by atoms with Gasteiger partial charge < -0.3 is 10.1 Å². The lowest BCUT2D eigenvalue weighted by molar-refractivity contribution is 0.295. The second-order valence-electron chi connectivity index (χ2n) is 2.43. The van der Waals surface area contributed by atoms with E-state index < -0.39 is 9.84 Å². The third kappa shape index (κ3) is 2.09. The summed E-state index contributed by atoms with van der Waals surface area (Å²) in [6.45, 7) is -0.0973. The summed E-state index contributed by atoms with van der Waals surface area (Å²) < 4.78 is 22.6. The van der Waals surface area contributed by atoms with Gasteiger partial charge in [0.1, 0.15) is 5.03 Å². The molecule has 0 aliphatic carbocycles. The summed E-state index contributed by atoms with van der Waals surface area (Å²) in [6.07, 6.45) is 1.84. The molecular weight excluding hydrogens is 178 g/mol. The van der Waals surface area contributed by atoms with Crippen LogP contribution in [-0.4, -0.2) is 30.9 Å². The minimum Gasteiger partial charge on any atom is -0.396 e. The van der Waals surface area contributed by atoms with E-state index in [0.717, 1.165) is 0 Å². The fourth-order valence-corrected chi connectivity index (χ4v) is 2.13. The first-order valence-electron chi connectivity index (χ1n) is 3.64. The molecule has 12 heavy (non-hydrogen) atoms. The molecule has 5 heteroatoms. The number of nitrogens with one attached hydrogen (secondary N) is 1. The average molecular weight is 189 g/mol. The van der Waals surface area contributed by atoms with Crippen LogP contribution in [0.15, 0.2) is 23.4 Å². The van der Waals surface area contributed by atoms with Gasteiger partial charge in [0, 0.05) is 12.8 Å². The Morgan fingerprint density at radius 1 is 1.50 bits per heavy atom. The van der Waals surface area contributed by atoms with Crippen molar-refractivity contribution in [3.05, 3.63) is 18.3 Å². The minimum atomic E-state index is -3.19. The van der Waals surface area contributed by atoms with Crippen LogP contribution in [0.1, 0.15) is 6.42 Å². The number of aliphatic hydroxyl groups excluding tert-OH is 1. The molecule has 4 nitrogen and oxygen atoms in total. The van der Waals surface area contributed by atoms with Crippen LogP contribution >= 0.6 is 0 Å². The van der Waals surface area contributed by atoms with Crippen LogP contribution in [0.25, 0.3) is 0 Å². The number of sulfone groups is 1. The highest BCUT2D eigenvalue weighted by molar-refractivity contribution is 7.91. The fraction of sp³-hybridized carbons (Fsp3) is 0.429. The minimum absolute atomic E-state index is 0.00991. The molecule has 0 spiro atoms. The molecule has 0 atom stereocenters. The number of hydrogen-bond donors (Lipinski definition) is 2. The van der Waals surface area contributed by atoms with Crippen LogP contribution in [0.3, 0.4) is 0 Å². The normalized spacial score (nSPS) is 11.8. The molecule has 1 aromatic heterocycles. The molecule has 0 unspecified atom stereocenters. The van der Waals surface area contributed by atoms with Crippen molar-refractivity contribution >= 4 is 9.84 Å². The van der Waals surface area contributed by atoms with Crippen LogP contribution in [0.4, 0.5) is 0 Å². The summed E-state index contributed by atoms with van der Waals surface area (Å²) in [6, 6.07) is 3.14. The van der Waals surface area contributed by atoms with Crippen molar-refractivity contribution in [3.63, 3.8) is 0 Å². The van der Waals surface area contributed by atoms with Gasteiger partial charge in [-0.15, -0.1) is 0 Å². The SMILES string of the molecule is O=S(=O)(CCCO)c1ccc[nH]1. The van der Waals surface area contributed by atoms with E-state index in [9.17, 15) is 8.42 Å². The molecule has 0 radical (unpaired) electrons. The summed E-state index contributed by atoms with van der Waals surface area (Å²) in [5.74, 6) is -0.00991. The van der Waals surface area contributed by atoms with Gasteiger partial charge in [0.15, 0.2) is 9.84 Å². The predicted molar refractivity (Wildman–Crippen MR) is 44.5 cm³/mol. The predicted octanol–water partition coefficient (Wildman–Crippen LogP) is 0.171. The lowest BCUT2D eigenvalue weighted by Crippen LogP contribution is -2.08. The molecule has 68 valence electrons. The monoisotopic (exact) mass is 189 g/mol. The Kier molecular flexibility index (Phi) is 2.88. The smallest absolute Gasteiger partial charge is 0.193 e. The standard InChI is InChI=1S/C7H11NO3S/c9-5-2-6-12(10,11)7-3-1-4-8-7/h1,3-4,8-9H,2,5-6H2. The van der Waals surface area contributed by atoms with Crippen molar-refractivity contribution in [1.29, 1.82) is 0 Å². The van der Waals surface area contributed by atoms with E-state index in [1.165, 1.54) is 6.07 Å². The number of H-pyrrole nitrogens is 1. The summed E-state index contributed by atoms with van der Waals surface area (Å²) in [7, 11) is -3.19. The average Bonchev–Trinajstić information content (AvgIpc) is 2.53. The number of hydrogen-bond acceptors (Lipinski definition) is 3. The molecular formula is C7H11NO3S. The zero-order valence-electron chi connectivity index (χ0n) is 6.53. The largest absolute Gasteiger partial charge is 0.396 e. The van der Waals surface area contributed by atoms with Crippen LogP contribution in [0, 0.1) is 0 Å². The Morgan fingerprint density at radius 2 is 2.25 bits per heavy atom. The first-order valence-corrected chi connectivity index (χ1v) is 5.29. The highest BCUT2D eigenvalue weighted by atomic mass is 32.2. The van der Waals surface area contributed by atoms with E-state index in [1.807, 2.05) is 0 Å². The maximum Gasteiger partial charge on any atom is 0.193 e. The van der Waals surface area contributed by atoms with Gasteiger partial charge in [-0.2, -0.15) is 0 Å². The zero-order valence-corrected chi connectivity index (χ0v) is 7.34. The van der Waals surface area contributed by atoms with Crippen LogP contribution in [0.5, 0.6) is 0 Å². The van der Waals surface area contributed by atoms with Gasteiger partial charge in [-0.05, 0) is 18.6 Å². The van der Waals surface area contributed by atoms with Crippen molar-refractivity contribution in [3.8, 4) is 0 Å².